The molecule has 0 saturated carbocycles. The molecule has 0 aliphatic carbocycles. The largest absolute Gasteiger partial charge is 0.495 e. The molecule has 0 bridgehead atoms. The van der Waals surface area contributed by atoms with E-state index in [0.717, 1.165) is 0 Å². The van der Waals surface area contributed by atoms with Gasteiger partial charge >= 0.3 is 0 Å². The SMILES string of the molecule is COc1ccc(Br)cc1S(=O)(=O)N1CC(C)NC(C)C1. The zero-order valence-electron chi connectivity index (χ0n) is 11.8. The smallest absolute Gasteiger partial charge is 0.246 e. The molecule has 2 unspecified atom stereocenters. The number of nitrogens with zero attached hydrogens (tertiary/aromatic N) is 1. The van der Waals surface area contributed by atoms with Crippen LogP contribution in [0.15, 0.2) is 27.6 Å². The second kappa shape index (κ2) is 6.01. The Morgan fingerprint density at radius 2 is 1.90 bits per heavy atom. The Morgan fingerprint density at radius 1 is 1.30 bits per heavy atom. The van der Waals surface area contributed by atoms with E-state index in [1.54, 1.807) is 18.2 Å². The zero-order valence-corrected chi connectivity index (χ0v) is 14.2. The van der Waals surface area contributed by atoms with Crippen molar-refractivity contribution in [2.45, 2.75) is 30.8 Å². The van der Waals surface area contributed by atoms with Gasteiger partial charge in [0.1, 0.15) is 10.6 Å². The Labute approximate surface area is 128 Å². The summed E-state index contributed by atoms with van der Waals surface area (Å²) in [6.45, 7) is 4.89. The lowest BCUT2D eigenvalue weighted by atomic mass is 10.2. The highest BCUT2D eigenvalue weighted by Crippen LogP contribution is 2.30. The predicted octanol–water partition coefficient (Wildman–Crippen LogP) is 1.83. The fourth-order valence-corrected chi connectivity index (χ4v) is 4.78. The molecule has 0 aromatic heterocycles. The van der Waals surface area contributed by atoms with Crippen molar-refractivity contribution in [3.05, 3.63) is 22.7 Å². The van der Waals surface area contributed by atoms with Crippen molar-refractivity contribution >= 4 is 26.0 Å². The third kappa shape index (κ3) is 3.16. The van der Waals surface area contributed by atoms with Gasteiger partial charge in [-0.2, -0.15) is 4.31 Å². The summed E-state index contributed by atoms with van der Waals surface area (Å²) in [6, 6.07) is 5.27. The van der Waals surface area contributed by atoms with Crippen LogP contribution in [-0.2, 0) is 10.0 Å². The first-order chi connectivity index (χ1) is 9.34. The summed E-state index contributed by atoms with van der Waals surface area (Å²) in [5, 5.41) is 3.33. The third-order valence-electron chi connectivity index (χ3n) is 3.27. The molecule has 112 valence electrons. The van der Waals surface area contributed by atoms with E-state index < -0.39 is 10.0 Å². The van der Waals surface area contributed by atoms with Gasteiger partial charge in [-0.15, -0.1) is 0 Å². The fourth-order valence-electron chi connectivity index (χ4n) is 2.46. The molecular weight excluding hydrogens is 344 g/mol. The molecule has 1 heterocycles. The van der Waals surface area contributed by atoms with E-state index in [-0.39, 0.29) is 17.0 Å². The van der Waals surface area contributed by atoms with Crippen molar-refractivity contribution < 1.29 is 13.2 Å². The fraction of sp³-hybridized carbons (Fsp3) is 0.538. The summed E-state index contributed by atoms with van der Waals surface area (Å²) in [6.07, 6.45) is 0. The van der Waals surface area contributed by atoms with Crippen LogP contribution in [0.3, 0.4) is 0 Å². The first-order valence-electron chi connectivity index (χ1n) is 6.44. The first-order valence-corrected chi connectivity index (χ1v) is 8.67. The van der Waals surface area contributed by atoms with Crippen LogP contribution in [0, 0.1) is 0 Å². The number of ether oxygens (including phenoxy) is 1. The molecule has 1 saturated heterocycles. The van der Waals surface area contributed by atoms with E-state index in [9.17, 15) is 8.42 Å². The number of sulfonamides is 1. The monoisotopic (exact) mass is 362 g/mol. The molecule has 2 rings (SSSR count). The van der Waals surface area contributed by atoms with Crippen LogP contribution in [0.4, 0.5) is 0 Å². The minimum Gasteiger partial charge on any atom is -0.495 e. The highest BCUT2D eigenvalue weighted by molar-refractivity contribution is 9.10. The van der Waals surface area contributed by atoms with Gasteiger partial charge in [-0.3, -0.25) is 0 Å². The van der Waals surface area contributed by atoms with Crippen molar-refractivity contribution in [2.24, 2.45) is 0 Å². The molecule has 7 heteroatoms. The van der Waals surface area contributed by atoms with Crippen molar-refractivity contribution in [1.82, 2.24) is 9.62 Å². The number of hydrogen-bond acceptors (Lipinski definition) is 4. The number of nitrogens with one attached hydrogen (secondary N) is 1. The minimum atomic E-state index is -3.55. The molecule has 20 heavy (non-hydrogen) atoms. The van der Waals surface area contributed by atoms with Gasteiger partial charge in [0.05, 0.1) is 7.11 Å². The second-order valence-corrected chi connectivity index (χ2v) is 7.91. The van der Waals surface area contributed by atoms with Crippen LogP contribution in [0.2, 0.25) is 0 Å². The summed E-state index contributed by atoms with van der Waals surface area (Å²) in [5.41, 5.74) is 0. The van der Waals surface area contributed by atoms with Gasteiger partial charge in [-0.1, -0.05) is 15.9 Å². The van der Waals surface area contributed by atoms with E-state index in [2.05, 4.69) is 21.2 Å². The molecule has 2 atom stereocenters. The maximum atomic E-state index is 12.8. The van der Waals surface area contributed by atoms with Gasteiger partial charge in [0.2, 0.25) is 10.0 Å². The van der Waals surface area contributed by atoms with Crippen molar-refractivity contribution in [2.75, 3.05) is 20.2 Å². The van der Waals surface area contributed by atoms with E-state index in [1.165, 1.54) is 11.4 Å². The lowest BCUT2D eigenvalue weighted by molar-refractivity contribution is 0.262. The Morgan fingerprint density at radius 3 is 2.45 bits per heavy atom. The van der Waals surface area contributed by atoms with E-state index in [1.807, 2.05) is 13.8 Å². The highest BCUT2D eigenvalue weighted by atomic mass is 79.9. The van der Waals surface area contributed by atoms with E-state index in [4.69, 9.17) is 4.74 Å². The molecule has 5 nitrogen and oxygen atoms in total. The van der Waals surface area contributed by atoms with Crippen LogP contribution in [0.5, 0.6) is 5.75 Å². The van der Waals surface area contributed by atoms with Crippen molar-refractivity contribution in [3.63, 3.8) is 0 Å². The maximum Gasteiger partial charge on any atom is 0.246 e. The third-order valence-corrected chi connectivity index (χ3v) is 5.61. The number of methoxy groups -OCH3 is 1. The van der Waals surface area contributed by atoms with Gasteiger partial charge in [-0.05, 0) is 32.0 Å². The van der Waals surface area contributed by atoms with E-state index >= 15 is 0 Å². The summed E-state index contributed by atoms with van der Waals surface area (Å²) >= 11 is 3.31. The average Bonchev–Trinajstić information content (AvgIpc) is 2.37. The first kappa shape index (κ1) is 15.8. The number of halogens is 1. The maximum absolute atomic E-state index is 12.8. The normalized spacial score (nSPS) is 24.6. The lowest BCUT2D eigenvalue weighted by Gasteiger charge is -2.35. The Hall–Kier alpha value is -0.630. The van der Waals surface area contributed by atoms with Crippen molar-refractivity contribution in [3.8, 4) is 5.75 Å². The number of benzene rings is 1. The molecule has 1 aliphatic rings. The topological polar surface area (TPSA) is 58.6 Å². The molecule has 1 aliphatic heterocycles. The zero-order chi connectivity index (χ0) is 14.9. The number of piperazine rings is 1. The molecule has 1 fully saturated rings. The lowest BCUT2D eigenvalue weighted by Crippen LogP contribution is -2.55. The van der Waals surface area contributed by atoms with Crippen LogP contribution in [0.25, 0.3) is 0 Å². The van der Waals surface area contributed by atoms with Crippen LogP contribution in [-0.4, -0.2) is 45.0 Å². The molecule has 1 aromatic carbocycles. The summed E-state index contributed by atoms with van der Waals surface area (Å²) in [7, 11) is -2.08. The molecule has 0 spiro atoms. The molecule has 0 amide bonds. The standard InChI is InChI=1S/C13H19BrN2O3S/c1-9-7-16(8-10(2)15-9)20(17,18)13-6-11(14)4-5-12(13)19-3/h4-6,9-10,15H,7-8H2,1-3H3. The van der Waals surface area contributed by atoms with Gasteiger partial charge in [-0.25, -0.2) is 8.42 Å². The quantitative estimate of drug-likeness (QED) is 0.890. The average molecular weight is 363 g/mol. The van der Waals surface area contributed by atoms with Gasteiger partial charge in [0.25, 0.3) is 0 Å². The van der Waals surface area contributed by atoms with Crippen LogP contribution < -0.4 is 10.1 Å². The molecule has 0 radical (unpaired) electrons. The van der Waals surface area contributed by atoms with Crippen LogP contribution in [0.1, 0.15) is 13.8 Å². The second-order valence-electron chi connectivity index (χ2n) is 5.09. The van der Waals surface area contributed by atoms with Crippen molar-refractivity contribution in [1.29, 1.82) is 0 Å². The number of hydrogen-bond donors (Lipinski definition) is 1. The predicted molar refractivity (Wildman–Crippen MR) is 81.5 cm³/mol. The Kier molecular flexibility index (Phi) is 4.73. The van der Waals surface area contributed by atoms with E-state index in [0.29, 0.717) is 23.3 Å². The summed E-state index contributed by atoms with van der Waals surface area (Å²) in [5.74, 6) is 0.368. The van der Waals surface area contributed by atoms with Gasteiger partial charge in [0, 0.05) is 29.6 Å². The highest BCUT2D eigenvalue weighted by Gasteiger charge is 2.33. The molecular formula is C13H19BrN2O3S. The Bertz CT molecular complexity index is 581. The Balaban J connectivity index is 2.42. The summed E-state index contributed by atoms with van der Waals surface area (Å²) in [4.78, 5) is 0.204. The van der Waals surface area contributed by atoms with Gasteiger partial charge < -0.3 is 10.1 Å². The minimum absolute atomic E-state index is 0.131. The van der Waals surface area contributed by atoms with Crippen LogP contribution >= 0.6 is 15.9 Å². The molecule has 1 N–H and O–H groups in total. The number of rotatable bonds is 3. The molecule has 1 aromatic rings. The van der Waals surface area contributed by atoms with Gasteiger partial charge in [0.15, 0.2) is 0 Å². The summed E-state index contributed by atoms with van der Waals surface area (Å²) < 4.78 is 33.0.